The zero-order valence-electron chi connectivity index (χ0n) is 14.0. The van der Waals surface area contributed by atoms with Crippen molar-refractivity contribution in [1.29, 1.82) is 0 Å². The summed E-state index contributed by atoms with van der Waals surface area (Å²) in [5, 5.41) is 1.74. The third-order valence-corrected chi connectivity index (χ3v) is 3.45. The molecular formula is C19H12F3N3O2. The van der Waals surface area contributed by atoms with Gasteiger partial charge in [-0.1, -0.05) is 24.1 Å². The molecule has 0 saturated carbocycles. The lowest BCUT2D eigenvalue weighted by Gasteiger charge is -2.09. The first-order valence-electron chi connectivity index (χ1n) is 7.68. The fraction of sp³-hybridized carbons (Fsp3) is 0.105. The molecule has 1 N–H and O–H groups in total. The van der Waals surface area contributed by atoms with Crippen molar-refractivity contribution in [3.8, 4) is 17.6 Å². The van der Waals surface area contributed by atoms with E-state index in [9.17, 15) is 18.0 Å². The lowest BCUT2D eigenvalue weighted by molar-refractivity contribution is -0.167. The maximum atomic E-state index is 12.6. The van der Waals surface area contributed by atoms with Gasteiger partial charge in [-0.2, -0.15) is 13.2 Å². The third kappa shape index (κ3) is 4.33. The fourth-order valence-electron chi connectivity index (χ4n) is 2.18. The Balaban J connectivity index is 2.06. The number of amides is 1. The molecule has 2 aromatic carbocycles. The van der Waals surface area contributed by atoms with Crippen molar-refractivity contribution in [1.82, 2.24) is 9.97 Å². The second-order valence-corrected chi connectivity index (χ2v) is 5.34. The van der Waals surface area contributed by atoms with E-state index in [4.69, 9.17) is 4.74 Å². The molecule has 0 radical (unpaired) electrons. The number of methoxy groups -OCH3 is 1. The summed E-state index contributed by atoms with van der Waals surface area (Å²) in [4.78, 5) is 19.6. The van der Waals surface area contributed by atoms with E-state index in [1.807, 2.05) is 0 Å². The van der Waals surface area contributed by atoms with E-state index in [0.29, 0.717) is 22.3 Å². The van der Waals surface area contributed by atoms with E-state index in [-0.39, 0.29) is 11.5 Å². The van der Waals surface area contributed by atoms with Crippen LogP contribution in [-0.2, 0) is 4.79 Å². The van der Waals surface area contributed by atoms with Crippen LogP contribution in [0.3, 0.4) is 0 Å². The molecule has 0 bridgehead atoms. The number of hydrogen-bond donors (Lipinski definition) is 1. The topological polar surface area (TPSA) is 64.1 Å². The molecule has 0 atom stereocenters. The van der Waals surface area contributed by atoms with Crippen molar-refractivity contribution in [2.24, 2.45) is 0 Å². The molecule has 1 aromatic heterocycles. The van der Waals surface area contributed by atoms with Crippen LogP contribution in [0.15, 0.2) is 48.5 Å². The van der Waals surface area contributed by atoms with Gasteiger partial charge in [-0.3, -0.25) is 4.79 Å². The van der Waals surface area contributed by atoms with Crippen LogP contribution in [0.25, 0.3) is 11.0 Å². The number of fused-ring (bicyclic) bond motifs is 1. The van der Waals surface area contributed by atoms with Gasteiger partial charge in [-0.15, -0.1) is 0 Å². The Hall–Kier alpha value is -3.60. The van der Waals surface area contributed by atoms with E-state index < -0.39 is 12.1 Å². The lowest BCUT2D eigenvalue weighted by Crippen LogP contribution is -2.30. The average Bonchev–Trinajstić information content (AvgIpc) is 2.65. The van der Waals surface area contributed by atoms with Crippen LogP contribution >= 0.6 is 0 Å². The molecule has 0 aliphatic rings. The average molecular weight is 371 g/mol. The number of hydrogen-bond acceptors (Lipinski definition) is 4. The molecule has 0 unspecified atom stereocenters. The number of carbonyl (C=O) groups is 1. The van der Waals surface area contributed by atoms with Gasteiger partial charge in [-0.05, 0) is 36.3 Å². The molecule has 27 heavy (non-hydrogen) atoms. The number of carbonyl (C=O) groups excluding carboxylic acids is 1. The van der Waals surface area contributed by atoms with Crippen molar-refractivity contribution in [3.63, 3.8) is 0 Å². The number of anilines is 1. The number of nitrogens with one attached hydrogen (secondary N) is 1. The second-order valence-electron chi connectivity index (χ2n) is 5.34. The number of halogens is 3. The number of alkyl halides is 3. The molecule has 136 valence electrons. The van der Waals surface area contributed by atoms with Crippen molar-refractivity contribution in [2.45, 2.75) is 6.18 Å². The van der Waals surface area contributed by atoms with Crippen LogP contribution in [-0.4, -0.2) is 29.2 Å². The smallest absolute Gasteiger partial charge is 0.471 e. The summed E-state index contributed by atoms with van der Waals surface area (Å²) in [5.41, 5.74) is 1.27. The minimum Gasteiger partial charge on any atom is -0.497 e. The number of rotatable bonds is 2. The maximum absolute atomic E-state index is 12.6. The summed E-state index contributed by atoms with van der Waals surface area (Å²) in [6.45, 7) is 0. The number of para-hydroxylation sites is 2. The minimum absolute atomic E-state index is 0.0749. The third-order valence-electron chi connectivity index (χ3n) is 3.45. The molecule has 0 spiro atoms. The number of nitrogens with zero attached hydrogens (tertiary/aromatic N) is 2. The molecule has 1 heterocycles. The first kappa shape index (κ1) is 18.2. The van der Waals surface area contributed by atoms with Gasteiger partial charge in [0.05, 0.1) is 18.1 Å². The molecule has 3 rings (SSSR count). The largest absolute Gasteiger partial charge is 0.497 e. The summed E-state index contributed by atoms with van der Waals surface area (Å²) in [6.07, 6.45) is -5.05. The normalized spacial score (nSPS) is 10.8. The van der Waals surface area contributed by atoms with E-state index in [1.165, 1.54) is 7.11 Å². The van der Waals surface area contributed by atoms with Crippen LogP contribution < -0.4 is 10.1 Å². The Kier molecular flexibility index (Phi) is 4.94. The molecule has 0 saturated heterocycles. The number of ether oxygens (including phenoxy) is 1. The second kappa shape index (κ2) is 7.33. The Morgan fingerprint density at radius 1 is 1.04 bits per heavy atom. The quantitative estimate of drug-likeness (QED) is 0.700. The van der Waals surface area contributed by atoms with Crippen molar-refractivity contribution >= 4 is 22.8 Å². The highest BCUT2D eigenvalue weighted by molar-refractivity contribution is 5.95. The van der Waals surface area contributed by atoms with Crippen LogP contribution in [0.4, 0.5) is 19.0 Å². The van der Waals surface area contributed by atoms with Gasteiger partial charge in [0.1, 0.15) is 5.75 Å². The van der Waals surface area contributed by atoms with Gasteiger partial charge in [0.25, 0.3) is 0 Å². The lowest BCUT2D eigenvalue weighted by atomic mass is 10.2. The monoisotopic (exact) mass is 371 g/mol. The summed E-state index contributed by atoms with van der Waals surface area (Å²) in [6, 6.07) is 13.4. The molecule has 5 nitrogen and oxygen atoms in total. The zero-order chi connectivity index (χ0) is 19.4. The van der Waals surface area contributed by atoms with Gasteiger partial charge < -0.3 is 10.1 Å². The van der Waals surface area contributed by atoms with Gasteiger partial charge in [0.15, 0.2) is 11.5 Å². The van der Waals surface area contributed by atoms with Gasteiger partial charge in [0.2, 0.25) is 0 Å². The van der Waals surface area contributed by atoms with Gasteiger partial charge in [0, 0.05) is 5.56 Å². The van der Waals surface area contributed by atoms with E-state index in [1.54, 1.807) is 53.8 Å². The first-order chi connectivity index (χ1) is 12.9. The summed E-state index contributed by atoms with van der Waals surface area (Å²) < 4.78 is 42.9. The molecule has 0 aliphatic carbocycles. The summed E-state index contributed by atoms with van der Waals surface area (Å²) in [7, 11) is 1.51. The number of benzene rings is 2. The highest BCUT2D eigenvalue weighted by Gasteiger charge is 2.39. The summed E-state index contributed by atoms with van der Waals surface area (Å²) >= 11 is 0. The Morgan fingerprint density at radius 3 is 2.41 bits per heavy atom. The van der Waals surface area contributed by atoms with Crippen LogP contribution in [0.1, 0.15) is 11.3 Å². The summed E-state index contributed by atoms with van der Waals surface area (Å²) in [5.74, 6) is 3.54. The fourth-order valence-corrected chi connectivity index (χ4v) is 2.18. The Morgan fingerprint density at radius 2 is 1.74 bits per heavy atom. The molecular weight excluding hydrogens is 359 g/mol. The predicted molar refractivity (Wildman–Crippen MR) is 93.2 cm³/mol. The zero-order valence-corrected chi connectivity index (χ0v) is 14.0. The van der Waals surface area contributed by atoms with Crippen molar-refractivity contribution < 1.29 is 22.7 Å². The first-order valence-corrected chi connectivity index (χ1v) is 7.68. The molecule has 0 fully saturated rings. The van der Waals surface area contributed by atoms with E-state index in [0.717, 1.165) is 0 Å². The molecule has 8 heteroatoms. The van der Waals surface area contributed by atoms with E-state index in [2.05, 4.69) is 21.8 Å². The molecule has 3 aromatic rings. The Labute approximate surface area is 152 Å². The predicted octanol–water partition coefficient (Wildman–Crippen LogP) is 3.54. The number of aromatic nitrogens is 2. The van der Waals surface area contributed by atoms with Crippen molar-refractivity contribution in [3.05, 3.63) is 59.8 Å². The highest BCUT2D eigenvalue weighted by Crippen LogP contribution is 2.21. The van der Waals surface area contributed by atoms with Gasteiger partial charge >= 0.3 is 12.1 Å². The molecule has 1 amide bonds. The van der Waals surface area contributed by atoms with Gasteiger partial charge in [-0.25, -0.2) is 9.97 Å². The maximum Gasteiger partial charge on any atom is 0.471 e. The van der Waals surface area contributed by atoms with Crippen LogP contribution in [0.2, 0.25) is 0 Å². The van der Waals surface area contributed by atoms with Crippen LogP contribution in [0, 0.1) is 11.8 Å². The van der Waals surface area contributed by atoms with Crippen LogP contribution in [0.5, 0.6) is 5.75 Å². The van der Waals surface area contributed by atoms with E-state index >= 15 is 0 Å². The van der Waals surface area contributed by atoms with Crippen molar-refractivity contribution in [2.75, 3.05) is 12.4 Å². The highest BCUT2D eigenvalue weighted by atomic mass is 19.4. The standard InChI is InChI=1S/C19H12F3N3O2/c1-27-13-6-4-5-12(11-13)9-10-16-17(25-18(26)19(20,21)22)24-15-8-3-2-7-14(15)23-16/h2-8,11H,1H3,(H,24,25,26). The molecule has 0 aliphatic heterocycles. The Bertz CT molecular complexity index is 1070. The SMILES string of the molecule is COc1cccc(C#Cc2nc3ccccc3nc2NC(=O)C(F)(F)F)c1. The minimum atomic E-state index is -5.05.